The Hall–Kier alpha value is -1.94. The molecule has 3 heterocycles. The van der Waals surface area contributed by atoms with Gasteiger partial charge in [0.05, 0.1) is 0 Å². The van der Waals surface area contributed by atoms with E-state index in [1.807, 2.05) is 0 Å². The molecule has 0 saturated carbocycles. The Balaban J connectivity index is 1.79. The van der Waals surface area contributed by atoms with Gasteiger partial charge in [0.25, 0.3) is 11.8 Å². The largest absolute Gasteiger partial charge is 0.477 e. The number of nitrogens with two attached hydrogens (primary N) is 1. The van der Waals surface area contributed by atoms with E-state index in [1.54, 1.807) is 0 Å². The van der Waals surface area contributed by atoms with Crippen LogP contribution in [-0.4, -0.2) is 71.6 Å². The van der Waals surface area contributed by atoms with Crippen LogP contribution in [0.5, 0.6) is 0 Å². The second-order valence-corrected chi connectivity index (χ2v) is 7.98. The lowest BCUT2D eigenvalue weighted by Crippen LogP contribution is -2.71. The number of nitrogens with one attached hydrogen (secondary N) is 1. The Kier molecular flexibility index (Phi) is 5.85. The maximum Gasteiger partial charge on any atom is 0.352 e. The summed E-state index contributed by atoms with van der Waals surface area (Å²) in [6.07, 6.45) is 0. The van der Waals surface area contributed by atoms with Gasteiger partial charge in [0.1, 0.15) is 24.2 Å². The second kappa shape index (κ2) is 7.97. The third-order valence-electron chi connectivity index (χ3n) is 3.75. The zero-order valence-electron chi connectivity index (χ0n) is 13.7. The van der Waals surface area contributed by atoms with E-state index in [4.69, 9.17) is 5.73 Å². The third-order valence-corrected chi connectivity index (χ3v) is 6.55. The number of carboxylic acid groups (broad SMARTS) is 1. The number of fused-ring (bicyclic) bond motifs is 1. The first-order valence-corrected chi connectivity index (χ1v) is 10.7. The van der Waals surface area contributed by atoms with Gasteiger partial charge in [-0.1, -0.05) is 27.7 Å². The van der Waals surface area contributed by atoms with Crippen LogP contribution in [0.25, 0.3) is 0 Å². The van der Waals surface area contributed by atoms with E-state index >= 15 is 0 Å². The van der Waals surface area contributed by atoms with Crippen LogP contribution in [0.4, 0.5) is 5.13 Å². The Morgan fingerprint density at radius 3 is 2.85 bits per heavy atom. The molecule has 14 heteroatoms. The number of carbonyl (C=O) groups is 3. The average molecular weight is 524 g/mol. The van der Waals surface area contributed by atoms with Gasteiger partial charge in [-0.15, -0.1) is 11.8 Å². The van der Waals surface area contributed by atoms with Crippen LogP contribution in [0.1, 0.15) is 5.82 Å². The van der Waals surface area contributed by atoms with Gasteiger partial charge in [-0.3, -0.25) is 14.5 Å². The molecule has 1 aromatic rings. The molecule has 1 saturated heterocycles. The van der Waals surface area contributed by atoms with Gasteiger partial charge in [-0.25, -0.2) is 4.79 Å². The number of aromatic nitrogens is 2. The number of halogens is 1. The lowest BCUT2D eigenvalue weighted by molar-refractivity contribution is -0.150. The topological polar surface area (TPSA) is 160 Å². The van der Waals surface area contributed by atoms with E-state index in [0.717, 1.165) is 11.5 Å². The Morgan fingerprint density at radius 2 is 2.30 bits per heavy atom. The standard InChI is InChI=1S/C13H13IN6O5S2/c1-25-18-5(8-17-13(15)27-19-8)9(21)16-6-10(22)20-7(12(23)24)4(2-14)3-26-11(6)20/h6,11H,2-3H2,1H3,(H,16,21)(H,23,24)(H2,15,17,19)/b18-5+/t6-,11-/m1/s1. The van der Waals surface area contributed by atoms with E-state index in [2.05, 4.69) is 47.3 Å². The molecule has 4 N–H and O–H groups in total. The van der Waals surface area contributed by atoms with Crippen molar-refractivity contribution in [2.75, 3.05) is 23.0 Å². The first-order chi connectivity index (χ1) is 12.9. The van der Waals surface area contributed by atoms with Crippen molar-refractivity contribution in [1.82, 2.24) is 19.6 Å². The van der Waals surface area contributed by atoms with Gasteiger partial charge >= 0.3 is 5.97 Å². The van der Waals surface area contributed by atoms with Crippen LogP contribution in [0.2, 0.25) is 0 Å². The predicted molar refractivity (Wildman–Crippen MR) is 106 cm³/mol. The van der Waals surface area contributed by atoms with Gasteiger partial charge < -0.3 is 21.0 Å². The minimum atomic E-state index is -1.16. The molecule has 0 spiro atoms. The molecule has 2 aliphatic rings. The number of aliphatic carboxylic acids is 1. The van der Waals surface area contributed by atoms with Crippen molar-refractivity contribution in [3.05, 3.63) is 17.1 Å². The fourth-order valence-electron chi connectivity index (χ4n) is 2.60. The number of hydrogen-bond acceptors (Lipinski definition) is 10. The molecule has 0 unspecified atom stereocenters. The number of β-lactam (4-membered cyclic amide) rings is 1. The number of oxime groups is 1. The van der Waals surface area contributed by atoms with Crippen LogP contribution in [0, 0.1) is 0 Å². The number of alkyl halides is 1. The van der Waals surface area contributed by atoms with Crippen molar-refractivity contribution in [1.29, 1.82) is 0 Å². The lowest BCUT2D eigenvalue weighted by atomic mass is 10.0. The second-order valence-electron chi connectivity index (χ2n) is 5.33. The summed E-state index contributed by atoms with van der Waals surface area (Å²) in [6.45, 7) is 0. The first-order valence-electron chi connectivity index (χ1n) is 7.36. The fraction of sp³-hybridized carbons (Fsp3) is 0.385. The molecule has 27 heavy (non-hydrogen) atoms. The Bertz CT molecular complexity index is 871. The zero-order chi connectivity index (χ0) is 19.7. The monoisotopic (exact) mass is 524 g/mol. The number of anilines is 1. The van der Waals surface area contributed by atoms with E-state index in [1.165, 1.54) is 23.8 Å². The molecule has 2 atom stereocenters. The quantitative estimate of drug-likeness (QED) is 0.149. The summed E-state index contributed by atoms with van der Waals surface area (Å²) in [7, 11) is 1.26. The maximum atomic E-state index is 12.6. The number of amides is 2. The number of rotatable bonds is 6. The smallest absolute Gasteiger partial charge is 0.352 e. The van der Waals surface area contributed by atoms with Crippen LogP contribution in [0.3, 0.4) is 0 Å². The van der Waals surface area contributed by atoms with E-state index < -0.39 is 29.2 Å². The number of nitrogen functional groups attached to an aromatic ring is 1. The summed E-state index contributed by atoms with van der Waals surface area (Å²) in [5.41, 5.74) is 5.96. The van der Waals surface area contributed by atoms with Crippen molar-refractivity contribution in [3.63, 3.8) is 0 Å². The summed E-state index contributed by atoms with van der Waals surface area (Å²) in [6, 6.07) is -0.884. The Labute approximate surface area is 174 Å². The highest BCUT2D eigenvalue weighted by atomic mass is 127. The van der Waals surface area contributed by atoms with Crippen molar-refractivity contribution < 1.29 is 24.3 Å². The highest BCUT2D eigenvalue weighted by Crippen LogP contribution is 2.40. The molecule has 11 nitrogen and oxygen atoms in total. The molecule has 1 aromatic heterocycles. The number of thioether (sulfide) groups is 1. The molecule has 0 bridgehead atoms. The summed E-state index contributed by atoms with van der Waals surface area (Å²) in [5.74, 6) is -1.92. The fourth-order valence-corrected chi connectivity index (χ4v) is 5.38. The van der Waals surface area contributed by atoms with Crippen LogP contribution in [0.15, 0.2) is 16.4 Å². The van der Waals surface area contributed by atoms with Gasteiger partial charge in [0.2, 0.25) is 11.5 Å². The number of nitrogens with zero attached hydrogens (tertiary/aromatic N) is 4. The zero-order valence-corrected chi connectivity index (χ0v) is 17.5. The van der Waals surface area contributed by atoms with Crippen molar-refractivity contribution in [2.45, 2.75) is 11.4 Å². The summed E-state index contributed by atoms with van der Waals surface area (Å²) in [4.78, 5) is 46.4. The average Bonchev–Trinajstić information content (AvgIpc) is 3.08. The molecule has 144 valence electrons. The molecule has 2 aliphatic heterocycles. The molecule has 0 aromatic carbocycles. The molecule has 0 aliphatic carbocycles. The molecule has 1 fully saturated rings. The van der Waals surface area contributed by atoms with E-state index in [0.29, 0.717) is 15.8 Å². The predicted octanol–water partition coefficient (Wildman–Crippen LogP) is -0.356. The highest BCUT2D eigenvalue weighted by molar-refractivity contribution is 14.1. The minimum absolute atomic E-state index is 0.0108. The van der Waals surface area contributed by atoms with Crippen LogP contribution >= 0.6 is 45.9 Å². The van der Waals surface area contributed by atoms with Gasteiger partial charge in [-0.05, 0) is 5.57 Å². The normalized spacial score (nSPS) is 22.2. The molecular weight excluding hydrogens is 511 g/mol. The molecule has 0 radical (unpaired) electrons. The van der Waals surface area contributed by atoms with E-state index in [9.17, 15) is 19.5 Å². The van der Waals surface area contributed by atoms with Crippen LogP contribution in [-0.2, 0) is 19.2 Å². The van der Waals surface area contributed by atoms with Gasteiger partial charge in [-0.2, -0.15) is 9.36 Å². The van der Waals surface area contributed by atoms with Crippen molar-refractivity contribution >= 4 is 74.5 Å². The lowest BCUT2D eigenvalue weighted by Gasteiger charge is -2.49. The van der Waals surface area contributed by atoms with Crippen LogP contribution < -0.4 is 11.1 Å². The number of carboxylic acids is 1. The molecule has 3 rings (SSSR count). The number of carbonyl (C=O) groups excluding carboxylic acids is 2. The van der Waals surface area contributed by atoms with Crippen molar-refractivity contribution in [3.8, 4) is 0 Å². The highest BCUT2D eigenvalue weighted by Gasteiger charge is 2.54. The summed E-state index contributed by atoms with van der Waals surface area (Å²) >= 11 is 4.34. The number of hydrogen-bond donors (Lipinski definition) is 3. The first kappa shape index (κ1) is 19.8. The van der Waals surface area contributed by atoms with Crippen molar-refractivity contribution in [2.24, 2.45) is 5.16 Å². The Morgan fingerprint density at radius 1 is 1.56 bits per heavy atom. The molecular formula is C13H13IN6O5S2. The summed E-state index contributed by atoms with van der Waals surface area (Å²) < 4.78 is 4.41. The third kappa shape index (κ3) is 3.60. The SMILES string of the molecule is CO/N=C(/C(=O)N[C@@H]1C(=O)N2C(C(=O)O)=C(CI)CS[C@H]12)c1nsc(N)n1. The summed E-state index contributed by atoms with van der Waals surface area (Å²) in [5, 5.41) is 15.3. The van der Waals surface area contributed by atoms with E-state index in [-0.39, 0.29) is 22.4 Å². The van der Waals surface area contributed by atoms with Gasteiger partial charge in [0.15, 0.2) is 5.13 Å². The van der Waals surface area contributed by atoms with Gasteiger partial charge in [0, 0.05) is 21.7 Å². The molecule has 2 amide bonds. The maximum absolute atomic E-state index is 12.6. The minimum Gasteiger partial charge on any atom is -0.477 e.